The third kappa shape index (κ3) is 1.91. The molecule has 98 valence electrons. The van der Waals surface area contributed by atoms with Gasteiger partial charge in [0.05, 0.1) is 0 Å². The Morgan fingerprint density at radius 3 is 2.89 bits per heavy atom. The van der Waals surface area contributed by atoms with Gasteiger partial charge in [0.15, 0.2) is 5.82 Å². The monoisotopic (exact) mass is 267 g/mol. The molecule has 0 spiro atoms. The summed E-state index contributed by atoms with van der Waals surface area (Å²) in [5.41, 5.74) is 5.75. The highest BCUT2D eigenvalue weighted by atomic mass is 35.5. The molecule has 6 heteroatoms. The molecule has 5 nitrogen and oxygen atoms in total. The Kier molecular flexibility index (Phi) is 3.03. The van der Waals surface area contributed by atoms with E-state index in [4.69, 9.17) is 17.3 Å². The number of likely N-dealkylation sites (N-methyl/N-ethyl adjacent to an activating group) is 1. The lowest BCUT2D eigenvalue weighted by molar-refractivity contribution is 0.254. The van der Waals surface area contributed by atoms with Crippen LogP contribution in [0.25, 0.3) is 0 Å². The second kappa shape index (κ2) is 4.55. The van der Waals surface area contributed by atoms with Crippen molar-refractivity contribution in [1.29, 1.82) is 0 Å². The van der Waals surface area contributed by atoms with Crippen LogP contribution in [0, 0.1) is 0 Å². The molecule has 2 N–H and O–H groups in total. The van der Waals surface area contributed by atoms with Crippen molar-refractivity contribution in [3.8, 4) is 0 Å². The normalized spacial score (nSPS) is 28.4. The van der Waals surface area contributed by atoms with Crippen LogP contribution in [0.3, 0.4) is 0 Å². The van der Waals surface area contributed by atoms with Gasteiger partial charge in [-0.3, -0.25) is 4.90 Å². The van der Waals surface area contributed by atoms with Crippen LogP contribution >= 0.6 is 11.6 Å². The topological polar surface area (TPSA) is 58.3 Å². The molecule has 2 aliphatic rings. The first-order valence-electron chi connectivity index (χ1n) is 6.39. The van der Waals surface area contributed by atoms with Gasteiger partial charge in [0.1, 0.15) is 17.2 Å². The molecule has 0 radical (unpaired) electrons. The van der Waals surface area contributed by atoms with Crippen LogP contribution in [0.1, 0.15) is 19.3 Å². The molecule has 1 aromatic rings. The zero-order valence-electron chi connectivity index (χ0n) is 10.5. The predicted octanol–water partition coefficient (Wildman–Crippen LogP) is 1.39. The number of rotatable bonds is 1. The van der Waals surface area contributed by atoms with Crippen LogP contribution in [0.2, 0.25) is 5.02 Å². The molecule has 3 heterocycles. The highest BCUT2D eigenvalue weighted by molar-refractivity contribution is 6.35. The fraction of sp³-hybridized carbons (Fsp3) is 0.667. The fourth-order valence-corrected chi connectivity index (χ4v) is 3.31. The second-order valence-electron chi connectivity index (χ2n) is 5.18. The Labute approximate surface area is 112 Å². The van der Waals surface area contributed by atoms with E-state index in [0.29, 0.717) is 22.9 Å². The highest BCUT2D eigenvalue weighted by Gasteiger charge is 2.35. The van der Waals surface area contributed by atoms with Crippen molar-refractivity contribution >= 4 is 23.2 Å². The largest absolute Gasteiger partial charge is 0.382 e. The van der Waals surface area contributed by atoms with E-state index < -0.39 is 0 Å². The summed E-state index contributed by atoms with van der Waals surface area (Å²) >= 11 is 6.21. The minimum absolute atomic E-state index is 0.365. The van der Waals surface area contributed by atoms with Crippen LogP contribution in [-0.2, 0) is 0 Å². The number of nitrogens with zero attached hydrogens (tertiary/aromatic N) is 4. The molecule has 2 bridgehead atoms. The molecule has 2 unspecified atom stereocenters. The molecule has 0 aromatic carbocycles. The molecule has 0 aliphatic carbocycles. The van der Waals surface area contributed by atoms with E-state index in [1.165, 1.54) is 19.2 Å². The second-order valence-corrected chi connectivity index (χ2v) is 5.56. The Morgan fingerprint density at radius 2 is 2.06 bits per heavy atom. The maximum atomic E-state index is 6.21. The van der Waals surface area contributed by atoms with E-state index in [-0.39, 0.29) is 0 Å². The van der Waals surface area contributed by atoms with Gasteiger partial charge in [0.2, 0.25) is 0 Å². The van der Waals surface area contributed by atoms with E-state index >= 15 is 0 Å². The zero-order valence-corrected chi connectivity index (χ0v) is 11.3. The molecule has 18 heavy (non-hydrogen) atoms. The number of nitrogens with two attached hydrogens (primary N) is 1. The van der Waals surface area contributed by atoms with Crippen LogP contribution in [-0.4, -0.2) is 47.1 Å². The lowest BCUT2D eigenvalue weighted by Crippen LogP contribution is -2.37. The summed E-state index contributed by atoms with van der Waals surface area (Å²) in [6, 6.07) is 1.31. The van der Waals surface area contributed by atoms with Crippen molar-refractivity contribution in [3.63, 3.8) is 0 Å². The molecule has 2 atom stereocenters. The predicted molar refractivity (Wildman–Crippen MR) is 72.9 cm³/mol. The number of hydrogen-bond donors (Lipinski definition) is 1. The minimum atomic E-state index is 0.365. The molecule has 2 aliphatic heterocycles. The van der Waals surface area contributed by atoms with Crippen molar-refractivity contribution in [3.05, 3.63) is 11.3 Å². The van der Waals surface area contributed by atoms with Crippen molar-refractivity contribution in [2.75, 3.05) is 30.8 Å². The first kappa shape index (κ1) is 12.0. The van der Waals surface area contributed by atoms with Crippen molar-refractivity contribution in [2.24, 2.45) is 0 Å². The number of anilines is 2. The lowest BCUT2D eigenvalue weighted by atomic mass is 10.1. The van der Waals surface area contributed by atoms with E-state index in [0.717, 1.165) is 25.3 Å². The maximum Gasteiger partial charge on any atom is 0.153 e. The third-order valence-electron chi connectivity index (χ3n) is 4.25. The fourth-order valence-electron chi connectivity index (χ4n) is 3.10. The van der Waals surface area contributed by atoms with Crippen molar-refractivity contribution in [1.82, 2.24) is 14.9 Å². The first-order chi connectivity index (χ1) is 8.66. The van der Waals surface area contributed by atoms with Gasteiger partial charge in [-0.2, -0.15) is 0 Å². The molecule has 0 saturated carbocycles. The Balaban J connectivity index is 1.87. The van der Waals surface area contributed by atoms with E-state index in [1.54, 1.807) is 0 Å². The third-order valence-corrected chi connectivity index (χ3v) is 4.61. The van der Waals surface area contributed by atoms with Crippen molar-refractivity contribution in [2.45, 2.75) is 31.3 Å². The van der Waals surface area contributed by atoms with Gasteiger partial charge < -0.3 is 10.6 Å². The van der Waals surface area contributed by atoms with Crippen LogP contribution in [0.15, 0.2) is 6.33 Å². The van der Waals surface area contributed by atoms with Crippen LogP contribution in [0.4, 0.5) is 11.6 Å². The van der Waals surface area contributed by atoms with E-state index in [1.807, 2.05) is 0 Å². The number of halogens is 1. The summed E-state index contributed by atoms with van der Waals surface area (Å²) in [6.45, 7) is 1.96. The molecular formula is C12H18ClN5. The molecule has 2 fully saturated rings. The lowest BCUT2D eigenvalue weighted by Gasteiger charge is -2.27. The Morgan fingerprint density at radius 1 is 1.28 bits per heavy atom. The molecule has 2 saturated heterocycles. The molecule has 0 amide bonds. The van der Waals surface area contributed by atoms with Crippen LogP contribution in [0.5, 0.6) is 0 Å². The number of nitrogen functional groups attached to an aromatic ring is 1. The quantitative estimate of drug-likeness (QED) is 0.833. The minimum Gasteiger partial charge on any atom is -0.382 e. The maximum absolute atomic E-state index is 6.21. The zero-order chi connectivity index (χ0) is 12.7. The van der Waals surface area contributed by atoms with Gasteiger partial charge >= 0.3 is 0 Å². The van der Waals surface area contributed by atoms with Crippen LogP contribution < -0.4 is 10.6 Å². The van der Waals surface area contributed by atoms with Crippen molar-refractivity contribution < 1.29 is 0 Å². The number of hydrogen-bond acceptors (Lipinski definition) is 5. The average molecular weight is 268 g/mol. The first-order valence-corrected chi connectivity index (χ1v) is 6.77. The molecule has 1 aromatic heterocycles. The summed E-state index contributed by atoms with van der Waals surface area (Å²) in [7, 11) is 2.22. The summed E-state index contributed by atoms with van der Waals surface area (Å²) in [4.78, 5) is 13.0. The highest BCUT2D eigenvalue weighted by Crippen LogP contribution is 2.33. The van der Waals surface area contributed by atoms with E-state index in [2.05, 4.69) is 26.8 Å². The van der Waals surface area contributed by atoms with Gasteiger partial charge in [-0.1, -0.05) is 11.6 Å². The smallest absolute Gasteiger partial charge is 0.153 e. The van der Waals surface area contributed by atoms with Gasteiger partial charge in [0, 0.05) is 25.2 Å². The summed E-state index contributed by atoms with van der Waals surface area (Å²) in [6.07, 6.45) is 5.22. The SMILES string of the molecule is CN1C2CCC1CN(c1ncnc(N)c1Cl)CC2. The Hall–Kier alpha value is -1.07. The summed E-state index contributed by atoms with van der Waals surface area (Å²) in [5.74, 6) is 1.15. The van der Waals surface area contributed by atoms with Gasteiger partial charge in [-0.15, -0.1) is 0 Å². The van der Waals surface area contributed by atoms with Gasteiger partial charge in [-0.05, 0) is 26.3 Å². The average Bonchev–Trinajstić information content (AvgIpc) is 2.58. The molecular weight excluding hydrogens is 250 g/mol. The number of aromatic nitrogens is 2. The summed E-state index contributed by atoms with van der Waals surface area (Å²) in [5, 5.41) is 0.484. The standard InChI is InChI=1S/C12H18ClN5/c1-17-8-2-3-9(17)6-18(5-4-8)12-10(13)11(14)15-7-16-12/h7-9H,2-6H2,1H3,(H2,14,15,16). The Bertz CT molecular complexity index is 452. The summed E-state index contributed by atoms with van der Waals surface area (Å²) < 4.78 is 0. The number of fused-ring (bicyclic) bond motifs is 2. The van der Waals surface area contributed by atoms with Gasteiger partial charge in [0.25, 0.3) is 0 Å². The van der Waals surface area contributed by atoms with E-state index in [9.17, 15) is 0 Å². The van der Waals surface area contributed by atoms with Gasteiger partial charge in [-0.25, -0.2) is 9.97 Å². The molecule has 3 rings (SSSR count).